The number of aliphatic imine (C=N–C) groups is 1. The maximum atomic E-state index is 11.9. The molecule has 27 heavy (non-hydrogen) atoms. The Morgan fingerprint density at radius 2 is 1.93 bits per heavy atom. The number of ether oxygens (including phenoxy) is 2. The molecule has 0 aromatic heterocycles. The molecule has 1 aromatic carbocycles. The van der Waals surface area contributed by atoms with Gasteiger partial charge in [0.15, 0.2) is 5.96 Å². The quantitative estimate of drug-likeness (QED) is 0.399. The van der Waals surface area contributed by atoms with E-state index in [1.165, 1.54) is 0 Å². The van der Waals surface area contributed by atoms with Crippen LogP contribution < -0.4 is 25.4 Å². The van der Waals surface area contributed by atoms with Crippen molar-refractivity contribution in [2.24, 2.45) is 4.99 Å². The van der Waals surface area contributed by atoms with E-state index in [0.29, 0.717) is 29.6 Å². The second kappa shape index (κ2) is 10.6. The summed E-state index contributed by atoms with van der Waals surface area (Å²) in [6.07, 6.45) is -0.845. The third kappa shape index (κ3) is 8.17. The van der Waals surface area contributed by atoms with Crippen molar-refractivity contribution in [3.8, 4) is 11.5 Å². The van der Waals surface area contributed by atoms with Gasteiger partial charge in [0.25, 0.3) is 0 Å². The number of aliphatic hydroxyl groups is 1. The number of hydrogen-bond acceptors (Lipinski definition) is 5. The summed E-state index contributed by atoms with van der Waals surface area (Å²) in [6.45, 7) is 8.47. The molecule has 0 heterocycles. The number of rotatable bonds is 8. The maximum absolute atomic E-state index is 11.9. The summed E-state index contributed by atoms with van der Waals surface area (Å²) in [5.74, 6) is 1.47. The Morgan fingerprint density at radius 1 is 1.22 bits per heavy atom. The number of guanidine groups is 1. The van der Waals surface area contributed by atoms with Gasteiger partial charge >= 0.3 is 0 Å². The molecule has 8 heteroatoms. The molecule has 0 radical (unpaired) electrons. The van der Waals surface area contributed by atoms with Gasteiger partial charge in [0, 0.05) is 24.2 Å². The lowest BCUT2D eigenvalue weighted by Gasteiger charge is -2.20. The molecule has 1 aromatic rings. The molecule has 0 bridgehead atoms. The Kier molecular flexibility index (Phi) is 8.87. The van der Waals surface area contributed by atoms with E-state index in [0.717, 1.165) is 0 Å². The molecule has 0 saturated heterocycles. The highest BCUT2D eigenvalue weighted by Gasteiger charge is 2.16. The largest absolute Gasteiger partial charge is 0.497 e. The van der Waals surface area contributed by atoms with Crippen LogP contribution in [0.15, 0.2) is 23.2 Å². The minimum atomic E-state index is -0.845. The molecule has 0 aliphatic carbocycles. The zero-order valence-corrected chi connectivity index (χ0v) is 17.0. The van der Waals surface area contributed by atoms with Gasteiger partial charge in [-0.05, 0) is 45.9 Å². The first-order valence-corrected chi connectivity index (χ1v) is 8.93. The summed E-state index contributed by atoms with van der Waals surface area (Å²) >= 11 is 0. The van der Waals surface area contributed by atoms with E-state index in [-0.39, 0.29) is 24.5 Å². The Morgan fingerprint density at radius 3 is 2.48 bits per heavy atom. The summed E-state index contributed by atoms with van der Waals surface area (Å²) in [5, 5.41) is 19.5. The van der Waals surface area contributed by atoms with Gasteiger partial charge in [-0.25, -0.2) is 4.99 Å². The second-order valence-electron chi connectivity index (χ2n) is 7.00. The molecule has 1 rings (SSSR count). The van der Waals surface area contributed by atoms with Gasteiger partial charge in [0.05, 0.1) is 20.3 Å². The van der Waals surface area contributed by atoms with Crippen LogP contribution in [-0.2, 0) is 4.79 Å². The van der Waals surface area contributed by atoms with Gasteiger partial charge in [-0.2, -0.15) is 0 Å². The average molecular weight is 380 g/mol. The topological polar surface area (TPSA) is 104 Å². The number of carbonyl (C=O) groups is 1. The summed E-state index contributed by atoms with van der Waals surface area (Å²) in [6, 6.07) is 5.24. The van der Waals surface area contributed by atoms with Crippen molar-refractivity contribution in [1.29, 1.82) is 0 Å². The van der Waals surface area contributed by atoms with Crippen LogP contribution in [-0.4, -0.2) is 56.4 Å². The zero-order valence-electron chi connectivity index (χ0n) is 17.0. The SMILES string of the molecule is CCNC(=NCC(=O)NC(C)(C)C)NCC(O)c1cc(OC)ccc1OC. The molecule has 1 unspecified atom stereocenters. The van der Waals surface area contributed by atoms with E-state index in [2.05, 4.69) is 20.9 Å². The normalized spacial score (nSPS) is 12.9. The number of aliphatic hydroxyl groups excluding tert-OH is 1. The maximum Gasteiger partial charge on any atom is 0.242 e. The van der Waals surface area contributed by atoms with E-state index in [1.807, 2.05) is 27.7 Å². The third-order valence-electron chi connectivity index (χ3n) is 3.50. The van der Waals surface area contributed by atoms with Crippen LogP contribution in [0.5, 0.6) is 11.5 Å². The molecule has 0 saturated carbocycles. The van der Waals surface area contributed by atoms with E-state index >= 15 is 0 Å². The second-order valence-corrected chi connectivity index (χ2v) is 7.00. The van der Waals surface area contributed by atoms with Crippen molar-refractivity contribution in [2.75, 3.05) is 33.9 Å². The number of hydrogen-bond donors (Lipinski definition) is 4. The molecular weight excluding hydrogens is 348 g/mol. The van der Waals surface area contributed by atoms with Crippen LogP contribution >= 0.6 is 0 Å². The lowest BCUT2D eigenvalue weighted by atomic mass is 10.1. The highest BCUT2D eigenvalue weighted by Crippen LogP contribution is 2.28. The first kappa shape index (κ1) is 22.6. The first-order chi connectivity index (χ1) is 12.7. The van der Waals surface area contributed by atoms with Crippen molar-refractivity contribution in [3.63, 3.8) is 0 Å². The van der Waals surface area contributed by atoms with Crippen LogP contribution in [0.4, 0.5) is 0 Å². The molecule has 0 aliphatic heterocycles. The fourth-order valence-electron chi connectivity index (χ4n) is 2.35. The van der Waals surface area contributed by atoms with Crippen LogP contribution in [0.3, 0.4) is 0 Å². The Hall–Kier alpha value is -2.48. The fraction of sp³-hybridized carbons (Fsp3) is 0.579. The number of benzene rings is 1. The predicted octanol–water partition coefficient (Wildman–Crippen LogP) is 1.21. The van der Waals surface area contributed by atoms with Crippen molar-refractivity contribution in [1.82, 2.24) is 16.0 Å². The molecular formula is C19H32N4O4. The number of nitrogens with zero attached hydrogens (tertiary/aromatic N) is 1. The van der Waals surface area contributed by atoms with Crippen molar-refractivity contribution in [2.45, 2.75) is 39.3 Å². The van der Waals surface area contributed by atoms with Crippen molar-refractivity contribution >= 4 is 11.9 Å². The smallest absolute Gasteiger partial charge is 0.242 e. The highest BCUT2D eigenvalue weighted by atomic mass is 16.5. The van der Waals surface area contributed by atoms with Gasteiger partial charge in [0.2, 0.25) is 5.91 Å². The predicted molar refractivity (Wildman–Crippen MR) is 106 cm³/mol. The number of amides is 1. The van der Waals surface area contributed by atoms with Crippen LogP contribution in [0.1, 0.15) is 39.4 Å². The number of methoxy groups -OCH3 is 2. The minimum absolute atomic E-state index is 0.00875. The van der Waals surface area contributed by atoms with Gasteiger partial charge in [0.1, 0.15) is 18.0 Å². The highest BCUT2D eigenvalue weighted by molar-refractivity contribution is 5.85. The van der Waals surface area contributed by atoms with E-state index in [1.54, 1.807) is 32.4 Å². The van der Waals surface area contributed by atoms with E-state index in [4.69, 9.17) is 9.47 Å². The molecule has 8 nitrogen and oxygen atoms in total. The molecule has 152 valence electrons. The monoisotopic (exact) mass is 380 g/mol. The Bertz CT molecular complexity index is 641. The van der Waals surface area contributed by atoms with Gasteiger partial charge in [-0.1, -0.05) is 0 Å². The van der Waals surface area contributed by atoms with Gasteiger partial charge in [-0.15, -0.1) is 0 Å². The first-order valence-electron chi connectivity index (χ1n) is 8.93. The molecule has 0 fully saturated rings. The van der Waals surface area contributed by atoms with E-state index < -0.39 is 6.10 Å². The van der Waals surface area contributed by atoms with Crippen LogP contribution in [0, 0.1) is 0 Å². The number of nitrogens with one attached hydrogen (secondary N) is 3. The van der Waals surface area contributed by atoms with Crippen LogP contribution in [0.2, 0.25) is 0 Å². The van der Waals surface area contributed by atoms with Gasteiger partial charge in [-0.3, -0.25) is 4.79 Å². The summed E-state index contributed by atoms with van der Waals surface area (Å²) in [4.78, 5) is 16.2. The minimum Gasteiger partial charge on any atom is -0.497 e. The molecule has 4 N–H and O–H groups in total. The Labute approximate surface area is 161 Å². The zero-order chi connectivity index (χ0) is 20.4. The molecule has 0 aliphatic rings. The lowest BCUT2D eigenvalue weighted by Crippen LogP contribution is -2.43. The Balaban J connectivity index is 2.76. The third-order valence-corrected chi connectivity index (χ3v) is 3.50. The standard InChI is InChI=1S/C19H32N4O4/c1-7-20-18(22-12-17(25)23-19(2,3)4)21-11-15(24)14-10-13(26-5)8-9-16(14)27-6/h8-10,15,24H,7,11-12H2,1-6H3,(H,23,25)(H2,20,21,22). The molecule has 1 atom stereocenters. The summed E-state index contributed by atoms with van der Waals surface area (Å²) < 4.78 is 10.5. The molecule has 0 spiro atoms. The number of carbonyl (C=O) groups excluding carboxylic acids is 1. The van der Waals surface area contributed by atoms with Crippen molar-refractivity contribution in [3.05, 3.63) is 23.8 Å². The van der Waals surface area contributed by atoms with E-state index in [9.17, 15) is 9.90 Å². The fourth-order valence-corrected chi connectivity index (χ4v) is 2.35. The van der Waals surface area contributed by atoms with Gasteiger partial charge < -0.3 is 30.5 Å². The van der Waals surface area contributed by atoms with Crippen molar-refractivity contribution < 1.29 is 19.4 Å². The van der Waals surface area contributed by atoms with Crippen LogP contribution in [0.25, 0.3) is 0 Å². The molecule has 1 amide bonds. The lowest BCUT2D eigenvalue weighted by molar-refractivity contribution is -0.121. The summed E-state index contributed by atoms with van der Waals surface area (Å²) in [5.41, 5.74) is 0.294. The average Bonchev–Trinajstić information content (AvgIpc) is 2.61. The summed E-state index contributed by atoms with van der Waals surface area (Å²) in [7, 11) is 3.11.